The Labute approximate surface area is 124 Å². The average molecular weight is 295 g/mol. The first kappa shape index (κ1) is 14.9. The van der Waals surface area contributed by atoms with Crippen molar-refractivity contribution in [3.8, 4) is 0 Å². The van der Waals surface area contributed by atoms with Crippen molar-refractivity contribution in [3.63, 3.8) is 0 Å². The summed E-state index contributed by atoms with van der Waals surface area (Å²) in [5, 5.41) is 3.58. The van der Waals surface area contributed by atoms with Gasteiger partial charge in [-0.3, -0.25) is 9.59 Å². The molecular weight excluding hydrogens is 276 g/mol. The first-order valence-electron chi connectivity index (χ1n) is 6.84. The molecule has 0 spiro atoms. The summed E-state index contributed by atoms with van der Waals surface area (Å²) in [5.74, 6) is -0.160. The first-order chi connectivity index (χ1) is 9.54. The number of nitrogens with zero attached hydrogens (tertiary/aromatic N) is 1. The standard InChI is InChI=1S/C15H19ClN2O2/c1-11(19)18(10-15(20)17-14-5-6-14)8-7-12-3-2-4-13(16)9-12/h2-4,9,14H,5-8,10H2,1H3,(H,17,20). The van der Waals surface area contributed by atoms with Crippen LogP contribution in [0.3, 0.4) is 0 Å². The van der Waals surface area contributed by atoms with Gasteiger partial charge in [0, 0.05) is 24.5 Å². The molecule has 0 bridgehead atoms. The van der Waals surface area contributed by atoms with E-state index in [1.807, 2.05) is 24.3 Å². The van der Waals surface area contributed by atoms with Crippen LogP contribution in [0.1, 0.15) is 25.3 Å². The number of carbonyl (C=O) groups excluding carboxylic acids is 2. The smallest absolute Gasteiger partial charge is 0.239 e. The predicted molar refractivity (Wildman–Crippen MR) is 78.6 cm³/mol. The summed E-state index contributed by atoms with van der Waals surface area (Å²) in [6.45, 7) is 2.14. The van der Waals surface area contributed by atoms with Gasteiger partial charge in [-0.15, -0.1) is 0 Å². The molecule has 2 amide bonds. The fraction of sp³-hybridized carbons (Fsp3) is 0.467. The van der Waals surface area contributed by atoms with E-state index >= 15 is 0 Å². The van der Waals surface area contributed by atoms with Crippen LogP contribution in [0, 0.1) is 0 Å². The van der Waals surface area contributed by atoms with Gasteiger partial charge in [-0.1, -0.05) is 23.7 Å². The molecule has 5 heteroatoms. The first-order valence-corrected chi connectivity index (χ1v) is 7.21. The Morgan fingerprint density at radius 2 is 2.15 bits per heavy atom. The second-order valence-corrected chi connectivity index (χ2v) is 5.60. The van der Waals surface area contributed by atoms with Crippen LogP contribution in [0.5, 0.6) is 0 Å². The van der Waals surface area contributed by atoms with Crippen LogP contribution < -0.4 is 5.32 Å². The summed E-state index contributed by atoms with van der Waals surface area (Å²) in [5.41, 5.74) is 1.06. The van der Waals surface area contributed by atoms with E-state index in [0.717, 1.165) is 18.4 Å². The number of halogens is 1. The summed E-state index contributed by atoms with van der Waals surface area (Å²) in [6.07, 6.45) is 2.79. The van der Waals surface area contributed by atoms with Crippen LogP contribution in [-0.4, -0.2) is 35.8 Å². The van der Waals surface area contributed by atoms with Crippen LogP contribution in [-0.2, 0) is 16.0 Å². The van der Waals surface area contributed by atoms with Crippen LogP contribution >= 0.6 is 11.6 Å². The molecule has 108 valence electrons. The molecule has 1 saturated carbocycles. The summed E-state index contributed by atoms with van der Waals surface area (Å²) >= 11 is 5.93. The number of carbonyl (C=O) groups is 2. The number of hydrogen-bond donors (Lipinski definition) is 1. The van der Waals surface area contributed by atoms with Crippen LogP contribution in [0.25, 0.3) is 0 Å². The van der Waals surface area contributed by atoms with E-state index in [1.165, 1.54) is 6.92 Å². The maximum absolute atomic E-state index is 11.7. The van der Waals surface area contributed by atoms with Crippen molar-refractivity contribution in [1.29, 1.82) is 0 Å². The van der Waals surface area contributed by atoms with Gasteiger partial charge in [-0.2, -0.15) is 0 Å². The molecule has 2 rings (SSSR count). The Balaban J connectivity index is 1.85. The zero-order chi connectivity index (χ0) is 14.5. The third-order valence-electron chi connectivity index (χ3n) is 3.28. The lowest BCUT2D eigenvalue weighted by Gasteiger charge is -2.20. The van der Waals surface area contributed by atoms with E-state index in [2.05, 4.69) is 5.32 Å². The molecule has 1 aliphatic rings. The van der Waals surface area contributed by atoms with Gasteiger partial charge in [-0.25, -0.2) is 0 Å². The minimum atomic E-state index is -0.0852. The molecule has 1 fully saturated rings. The SMILES string of the molecule is CC(=O)N(CCc1cccc(Cl)c1)CC(=O)NC1CC1. The Morgan fingerprint density at radius 1 is 1.40 bits per heavy atom. The number of nitrogens with one attached hydrogen (secondary N) is 1. The largest absolute Gasteiger partial charge is 0.352 e. The second-order valence-electron chi connectivity index (χ2n) is 5.16. The predicted octanol–water partition coefficient (Wildman–Crippen LogP) is 2.01. The van der Waals surface area contributed by atoms with Crippen LogP contribution in [0.15, 0.2) is 24.3 Å². The van der Waals surface area contributed by atoms with E-state index < -0.39 is 0 Å². The molecule has 4 nitrogen and oxygen atoms in total. The molecule has 0 saturated heterocycles. The molecule has 1 aromatic rings. The molecule has 1 aliphatic carbocycles. The summed E-state index contributed by atoms with van der Waals surface area (Å²) in [6, 6.07) is 7.87. The van der Waals surface area contributed by atoms with E-state index in [1.54, 1.807) is 4.90 Å². The number of benzene rings is 1. The fourth-order valence-electron chi connectivity index (χ4n) is 1.98. The van der Waals surface area contributed by atoms with E-state index in [-0.39, 0.29) is 18.4 Å². The van der Waals surface area contributed by atoms with Crippen molar-refractivity contribution in [2.45, 2.75) is 32.2 Å². The number of rotatable bonds is 6. The highest BCUT2D eigenvalue weighted by molar-refractivity contribution is 6.30. The monoisotopic (exact) mass is 294 g/mol. The zero-order valence-corrected chi connectivity index (χ0v) is 12.3. The number of amides is 2. The fourth-order valence-corrected chi connectivity index (χ4v) is 2.19. The molecule has 0 radical (unpaired) electrons. The molecular formula is C15H19ClN2O2. The lowest BCUT2D eigenvalue weighted by molar-refractivity contribution is -0.134. The lowest BCUT2D eigenvalue weighted by Crippen LogP contribution is -2.41. The van der Waals surface area contributed by atoms with Gasteiger partial charge >= 0.3 is 0 Å². The minimum absolute atomic E-state index is 0.0752. The molecule has 1 aromatic carbocycles. The number of hydrogen-bond acceptors (Lipinski definition) is 2. The quantitative estimate of drug-likeness (QED) is 0.872. The highest BCUT2D eigenvalue weighted by atomic mass is 35.5. The van der Waals surface area contributed by atoms with E-state index in [9.17, 15) is 9.59 Å². The Bertz CT molecular complexity index is 500. The Kier molecular flexibility index (Phi) is 5.01. The van der Waals surface area contributed by atoms with Crippen molar-refractivity contribution in [3.05, 3.63) is 34.9 Å². The Morgan fingerprint density at radius 3 is 2.75 bits per heavy atom. The van der Waals surface area contributed by atoms with Crippen molar-refractivity contribution in [2.75, 3.05) is 13.1 Å². The van der Waals surface area contributed by atoms with Gasteiger partial charge in [0.2, 0.25) is 11.8 Å². The molecule has 0 aliphatic heterocycles. The maximum atomic E-state index is 11.7. The van der Waals surface area contributed by atoms with Gasteiger partial charge < -0.3 is 10.2 Å². The van der Waals surface area contributed by atoms with Gasteiger partial charge in [0.05, 0.1) is 6.54 Å². The highest BCUT2D eigenvalue weighted by Crippen LogP contribution is 2.18. The molecule has 20 heavy (non-hydrogen) atoms. The van der Waals surface area contributed by atoms with Crippen LogP contribution in [0.4, 0.5) is 0 Å². The van der Waals surface area contributed by atoms with Crippen LogP contribution in [0.2, 0.25) is 5.02 Å². The van der Waals surface area contributed by atoms with Gasteiger partial charge in [0.1, 0.15) is 0 Å². The summed E-state index contributed by atoms with van der Waals surface area (Å²) < 4.78 is 0. The van der Waals surface area contributed by atoms with Crippen molar-refractivity contribution in [1.82, 2.24) is 10.2 Å². The molecule has 0 unspecified atom stereocenters. The highest BCUT2D eigenvalue weighted by Gasteiger charge is 2.24. The minimum Gasteiger partial charge on any atom is -0.352 e. The average Bonchev–Trinajstić information content (AvgIpc) is 3.18. The van der Waals surface area contributed by atoms with Crippen molar-refractivity contribution >= 4 is 23.4 Å². The van der Waals surface area contributed by atoms with Crippen molar-refractivity contribution < 1.29 is 9.59 Å². The summed E-state index contributed by atoms with van der Waals surface area (Å²) in [7, 11) is 0. The molecule has 1 N–H and O–H groups in total. The van der Waals surface area contributed by atoms with E-state index in [4.69, 9.17) is 11.6 Å². The molecule has 0 atom stereocenters. The normalized spacial score (nSPS) is 13.9. The summed E-state index contributed by atoms with van der Waals surface area (Å²) in [4.78, 5) is 24.9. The second kappa shape index (κ2) is 6.75. The van der Waals surface area contributed by atoms with Gasteiger partial charge in [0.25, 0.3) is 0 Å². The third-order valence-corrected chi connectivity index (χ3v) is 3.52. The van der Waals surface area contributed by atoms with Crippen molar-refractivity contribution in [2.24, 2.45) is 0 Å². The topological polar surface area (TPSA) is 49.4 Å². The molecule has 0 heterocycles. The lowest BCUT2D eigenvalue weighted by atomic mass is 10.1. The van der Waals surface area contributed by atoms with Gasteiger partial charge in [-0.05, 0) is 37.0 Å². The molecule has 0 aromatic heterocycles. The third kappa shape index (κ3) is 4.85. The zero-order valence-electron chi connectivity index (χ0n) is 11.6. The van der Waals surface area contributed by atoms with Gasteiger partial charge in [0.15, 0.2) is 0 Å². The maximum Gasteiger partial charge on any atom is 0.239 e. The van der Waals surface area contributed by atoms with E-state index in [0.29, 0.717) is 24.0 Å². The Hall–Kier alpha value is -1.55.